The molecule has 5 rings (SSSR count). The Morgan fingerprint density at radius 1 is 1.10 bits per heavy atom. The van der Waals surface area contributed by atoms with E-state index < -0.39 is 12.0 Å². The van der Waals surface area contributed by atoms with E-state index in [0.717, 1.165) is 25.6 Å². The molecule has 0 spiro atoms. The van der Waals surface area contributed by atoms with Gasteiger partial charge >= 0.3 is 5.97 Å². The van der Waals surface area contributed by atoms with E-state index in [4.69, 9.17) is 14.5 Å². The first kappa shape index (κ1) is 29.2. The predicted octanol–water partition coefficient (Wildman–Crippen LogP) is 6.59. The number of nitrogens with zero attached hydrogens (tertiary/aromatic N) is 2. The number of carbonyl (C=O) groups excluding carboxylic acids is 1. The van der Waals surface area contributed by atoms with Gasteiger partial charge in [-0.2, -0.15) is 0 Å². The molecule has 6 nitrogen and oxygen atoms in total. The van der Waals surface area contributed by atoms with E-state index in [-0.39, 0.29) is 12.2 Å². The van der Waals surface area contributed by atoms with Crippen molar-refractivity contribution >= 4 is 60.9 Å². The quantitative estimate of drug-likeness (QED) is 0.205. The predicted molar refractivity (Wildman–Crippen MR) is 170 cm³/mol. The van der Waals surface area contributed by atoms with Crippen LogP contribution in [0.15, 0.2) is 91.0 Å². The third-order valence-corrected chi connectivity index (χ3v) is 8.85. The average molecular weight is 696 g/mol. The Labute approximate surface area is 258 Å². The molecule has 4 aromatic rings. The van der Waals surface area contributed by atoms with Crippen LogP contribution in [-0.2, 0) is 9.53 Å². The van der Waals surface area contributed by atoms with Crippen molar-refractivity contribution in [2.75, 3.05) is 13.7 Å². The number of methoxy groups -OCH3 is 1. The lowest BCUT2D eigenvalue weighted by Gasteiger charge is -2.26. The van der Waals surface area contributed by atoms with E-state index in [2.05, 4.69) is 45.7 Å². The number of esters is 1. The van der Waals surface area contributed by atoms with Crippen LogP contribution in [0, 0.1) is 0 Å². The Hall–Kier alpha value is -3.27. The highest BCUT2D eigenvalue weighted by molar-refractivity contribution is 9.11. The maximum Gasteiger partial charge on any atom is 0.338 e. The number of ether oxygens (including phenoxy) is 2. The summed E-state index contributed by atoms with van der Waals surface area (Å²) in [4.78, 5) is 33.2. The topological polar surface area (TPSA) is 69.9 Å². The number of halogens is 2. The van der Waals surface area contributed by atoms with E-state index in [0.29, 0.717) is 32.3 Å². The van der Waals surface area contributed by atoms with Crippen LogP contribution in [0.3, 0.4) is 0 Å². The van der Waals surface area contributed by atoms with Crippen LogP contribution in [0.2, 0.25) is 0 Å². The standard InChI is InChI=1S/C32H28Br2N2O4S/c1-5-40-31(38)26-27(20-9-7-6-8-10-20)35-32-36(28(26)21-13-11-19(12-14-21)18(2)3)30(37)25(41-32)16-22-15-23(33)17-24(34)29(22)39-4/h6-18,28H,5H2,1-4H3/b25-16-/t28-/m0/s1. The van der Waals surface area contributed by atoms with E-state index in [1.54, 1.807) is 24.7 Å². The van der Waals surface area contributed by atoms with Crippen LogP contribution in [0.4, 0.5) is 0 Å². The minimum atomic E-state index is -0.722. The SMILES string of the molecule is CCOC(=O)C1=C(c2ccccc2)N=c2s/c(=C\c3cc(Br)cc(Br)c3OC)c(=O)n2[C@H]1c1ccc(C(C)C)cc1. The summed E-state index contributed by atoms with van der Waals surface area (Å²) >= 11 is 8.35. The number of thiazole rings is 1. The molecule has 1 aromatic heterocycles. The van der Waals surface area contributed by atoms with Gasteiger partial charge in [0.25, 0.3) is 5.56 Å². The molecule has 0 saturated heterocycles. The van der Waals surface area contributed by atoms with Crippen molar-refractivity contribution in [3.63, 3.8) is 0 Å². The third-order valence-electron chi connectivity index (χ3n) is 6.82. The van der Waals surface area contributed by atoms with Crippen molar-refractivity contribution in [3.8, 4) is 5.75 Å². The molecule has 1 atom stereocenters. The minimum Gasteiger partial charge on any atom is -0.495 e. The van der Waals surface area contributed by atoms with Gasteiger partial charge in [-0.3, -0.25) is 9.36 Å². The Morgan fingerprint density at radius 2 is 1.80 bits per heavy atom. The van der Waals surface area contributed by atoms with Gasteiger partial charge in [-0.15, -0.1) is 0 Å². The third kappa shape index (κ3) is 5.76. The van der Waals surface area contributed by atoms with Gasteiger partial charge in [0.2, 0.25) is 0 Å². The van der Waals surface area contributed by atoms with E-state index >= 15 is 0 Å². The van der Waals surface area contributed by atoms with Gasteiger partial charge in [0.1, 0.15) is 5.75 Å². The second-order valence-corrected chi connectivity index (χ2v) is 12.5. The summed E-state index contributed by atoms with van der Waals surface area (Å²) in [7, 11) is 1.59. The Balaban J connectivity index is 1.83. The molecule has 1 aliphatic rings. The first-order chi connectivity index (χ1) is 19.7. The van der Waals surface area contributed by atoms with Crippen LogP contribution < -0.4 is 19.6 Å². The highest BCUT2D eigenvalue weighted by Gasteiger charge is 2.35. The van der Waals surface area contributed by atoms with Crippen LogP contribution in [-0.4, -0.2) is 24.3 Å². The summed E-state index contributed by atoms with van der Waals surface area (Å²) < 4.78 is 14.8. The van der Waals surface area contributed by atoms with Crippen molar-refractivity contribution in [2.24, 2.45) is 4.99 Å². The van der Waals surface area contributed by atoms with Gasteiger partial charge in [0.15, 0.2) is 4.80 Å². The summed E-state index contributed by atoms with van der Waals surface area (Å²) in [5, 5.41) is 0. The molecule has 2 heterocycles. The first-order valence-electron chi connectivity index (χ1n) is 13.1. The molecule has 1 aliphatic heterocycles. The second kappa shape index (κ2) is 12.3. The fourth-order valence-electron chi connectivity index (χ4n) is 4.86. The number of aromatic nitrogens is 1. The van der Waals surface area contributed by atoms with Crippen LogP contribution in [0.25, 0.3) is 11.8 Å². The van der Waals surface area contributed by atoms with E-state index in [1.165, 1.54) is 16.9 Å². The summed E-state index contributed by atoms with van der Waals surface area (Å²) in [5.41, 5.74) is 4.04. The number of fused-ring (bicyclic) bond motifs is 1. The van der Waals surface area contributed by atoms with Crippen molar-refractivity contribution in [3.05, 3.63) is 123 Å². The zero-order chi connectivity index (χ0) is 29.3. The molecule has 0 aliphatic carbocycles. The number of rotatable bonds is 7. The largest absolute Gasteiger partial charge is 0.495 e. The Bertz CT molecular complexity index is 1820. The van der Waals surface area contributed by atoms with Crippen LogP contribution in [0.5, 0.6) is 5.75 Å². The van der Waals surface area contributed by atoms with Gasteiger partial charge < -0.3 is 9.47 Å². The maximum absolute atomic E-state index is 14.2. The van der Waals surface area contributed by atoms with Crippen LogP contribution in [0.1, 0.15) is 55.0 Å². The number of benzene rings is 3. The fraction of sp³-hybridized carbons (Fsp3) is 0.219. The van der Waals surface area contributed by atoms with Gasteiger partial charge in [-0.25, -0.2) is 9.79 Å². The van der Waals surface area contributed by atoms with Gasteiger partial charge in [-0.1, -0.05) is 95.7 Å². The van der Waals surface area contributed by atoms with Crippen LogP contribution >= 0.6 is 43.2 Å². The van der Waals surface area contributed by atoms with Crippen molar-refractivity contribution in [1.29, 1.82) is 0 Å². The maximum atomic E-state index is 14.2. The molecule has 3 aromatic carbocycles. The summed E-state index contributed by atoms with van der Waals surface area (Å²) in [6.45, 7) is 6.23. The molecule has 0 N–H and O–H groups in total. The highest BCUT2D eigenvalue weighted by atomic mass is 79.9. The normalized spacial score (nSPS) is 15.1. The summed E-state index contributed by atoms with van der Waals surface area (Å²) in [6.07, 6.45) is 1.80. The monoisotopic (exact) mass is 694 g/mol. The lowest BCUT2D eigenvalue weighted by molar-refractivity contribution is -0.138. The van der Waals surface area contributed by atoms with Gasteiger partial charge in [-0.05, 0) is 58.1 Å². The van der Waals surface area contributed by atoms with Crippen molar-refractivity contribution in [1.82, 2.24) is 4.57 Å². The van der Waals surface area contributed by atoms with E-state index in [9.17, 15) is 9.59 Å². The minimum absolute atomic E-state index is 0.200. The summed E-state index contributed by atoms with van der Waals surface area (Å²) in [5.74, 6) is 0.447. The highest BCUT2D eigenvalue weighted by Crippen LogP contribution is 2.36. The fourth-order valence-corrected chi connectivity index (χ4v) is 7.28. The number of hydrogen-bond donors (Lipinski definition) is 0. The molecule has 9 heteroatoms. The molecular formula is C32H28Br2N2O4S. The molecule has 0 amide bonds. The molecule has 0 fully saturated rings. The molecule has 41 heavy (non-hydrogen) atoms. The number of hydrogen-bond acceptors (Lipinski definition) is 6. The number of carbonyl (C=O) groups is 1. The van der Waals surface area contributed by atoms with Crippen molar-refractivity contribution < 1.29 is 14.3 Å². The lowest BCUT2D eigenvalue weighted by Crippen LogP contribution is -2.40. The molecule has 0 bridgehead atoms. The molecule has 0 unspecified atom stereocenters. The Kier molecular flexibility index (Phi) is 8.77. The first-order valence-corrected chi connectivity index (χ1v) is 15.5. The zero-order valence-electron chi connectivity index (χ0n) is 23.0. The molecule has 0 radical (unpaired) electrons. The molecular weight excluding hydrogens is 668 g/mol. The smallest absolute Gasteiger partial charge is 0.338 e. The zero-order valence-corrected chi connectivity index (χ0v) is 27.0. The average Bonchev–Trinajstić information content (AvgIpc) is 3.26. The lowest BCUT2D eigenvalue weighted by atomic mass is 9.91. The van der Waals surface area contributed by atoms with E-state index in [1.807, 2.05) is 66.7 Å². The Morgan fingerprint density at radius 3 is 2.44 bits per heavy atom. The van der Waals surface area contributed by atoms with Gasteiger partial charge in [0, 0.05) is 15.6 Å². The second-order valence-electron chi connectivity index (χ2n) is 9.76. The molecule has 210 valence electrons. The van der Waals surface area contributed by atoms with Crippen molar-refractivity contribution in [2.45, 2.75) is 32.7 Å². The van der Waals surface area contributed by atoms with Gasteiger partial charge in [0.05, 0.1) is 40.0 Å². The summed E-state index contributed by atoms with van der Waals surface area (Å²) in [6, 6.07) is 20.7. The molecule has 0 saturated carbocycles.